The van der Waals surface area contributed by atoms with Crippen LogP contribution >= 0.6 is 0 Å². The summed E-state index contributed by atoms with van der Waals surface area (Å²) in [5.74, 6) is -0.0292. The van der Waals surface area contributed by atoms with E-state index in [1.807, 2.05) is 0 Å². The maximum Gasteiger partial charge on any atom is 0.233 e. The molecule has 1 amide bonds. The first-order valence-corrected chi connectivity index (χ1v) is 10.9. The zero-order valence-corrected chi connectivity index (χ0v) is 16.9. The summed E-state index contributed by atoms with van der Waals surface area (Å²) in [4.78, 5) is 12.1. The lowest BCUT2D eigenvalue weighted by atomic mass is 10.0. The maximum absolute atomic E-state index is 12.1. The van der Waals surface area contributed by atoms with Gasteiger partial charge in [-0.3, -0.25) is 4.79 Å². The van der Waals surface area contributed by atoms with Crippen LogP contribution in [0, 0.1) is 5.41 Å². The number of hydrogen-bond acceptors (Lipinski definition) is 3. The Bertz CT molecular complexity index is 406. The number of nitrogens with one attached hydrogen (secondary N) is 1. The smallest absolute Gasteiger partial charge is 0.233 e. The van der Waals surface area contributed by atoms with E-state index in [1.165, 1.54) is 77.0 Å². The van der Waals surface area contributed by atoms with Crippen molar-refractivity contribution in [2.45, 2.75) is 110 Å². The highest BCUT2D eigenvalue weighted by atomic mass is 16.4. The van der Waals surface area contributed by atoms with Crippen LogP contribution in [0.25, 0.3) is 0 Å². The largest absolute Gasteiger partial charge is 0.409 e. The molecule has 0 bridgehead atoms. The number of amidine groups is 1. The molecular formula is C21H41N3O2. The van der Waals surface area contributed by atoms with Gasteiger partial charge in [0, 0.05) is 6.54 Å². The second-order valence-electron chi connectivity index (χ2n) is 7.92. The molecule has 0 aromatic carbocycles. The summed E-state index contributed by atoms with van der Waals surface area (Å²) in [6.07, 6.45) is 20.0. The fourth-order valence-corrected chi connectivity index (χ4v) is 3.51. The number of oxime groups is 1. The lowest BCUT2D eigenvalue weighted by Gasteiger charge is -2.13. The average molecular weight is 368 g/mol. The average Bonchev–Trinajstić information content (AvgIpc) is 3.46. The van der Waals surface area contributed by atoms with Gasteiger partial charge in [-0.05, 0) is 19.3 Å². The molecule has 1 saturated carbocycles. The van der Waals surface area contributed by atoms with Crippen molar-refractivity contribution < 1.29 is 10.0 Å². The van der Waals surface area contributed by atoms with E-state index in [0.717, 1.165) is 12.8 Å². The van der Waals surface area contributed by atoms with E-state index in [4.69, 9.17) is 10.9 Å². The molecule has 0 aliphatic heterocycles. The van der Waals surface area contributed by atoms with Gasteiger partial charge in [-0.2, -0.15) is 0 Å². The molecule has 0 aromatic rings. The van der Waals surface area contributed by atoms with Gasteiger partial charge >= 0.3 is 0 Å². The Morgan fingerprint density at radius 2 is 1.31 bits per heavy atom. The Morgan fingerprint density at radius 3 is 1.69 bits per heavy atom. The van der Waals surface area contributed by atoms with Gasteiger partial charge in [0.25, 0.3) is 0 Å². The number of unbranched alkanes of at least 4 members (excludes halogenated alkanes) is 13. The van der Waals surface area contributed by atoms with Crippen LogP contribution in [-0.2, 0) is 4.79 Å². The molecule has 0 unspecified atom stereocenters. The van der Waals surface area contributed by atoms with Gasteiger partial charge < -0.3 is 16.3 Å². The van der Waals surface area contributed by atoms with Crippen LogP contribution in [0.4, 0.5) is 0 Å². The molecule has 1 rings (SSSR count). The van der Waals surface area contributed by atoms with Crippen molar-refractivity contribution >= 4 is 11.7 Å². The monoisotopic (exact) mass is 367 g/mol. The lowest BCUT2D eigenvalue weighted by Crippen LogP contribution is -2.41. The third-order valence-corrected chi connectivity index (χ3v) is 5.60. The summed E-state index contributed by atoms with van der Waals surface area (Å²) in [5, 5.41) is 14.7. The maximum atomic E-state index is 12.1. The molecule has 1 aliphatic carbocycles. The van der Waals surface area contributed by atoms with Gasteiger partial charge in [0.05, 0.1) is 0 Å². The first-order valence-electron chi connectivity index (χ1n) is 10.9. The van der Waals surface area contributed by atoms with Gasteiger partial charge in [-0.15, -0.1) is 0 Å². The molecule has 0 heterocycles. The fraction of sp³-hybridized carbons (Fsp3) is 0.905. The first kappa shape index (κ1) is 22.8. The molecule has 0 aromatic heterocycles. The molecular weight excluding hydrogens is 326 g/mol. The minimum Gasteiger partial charge on any atom is -0.409 e. The van der Waals surface area contributed by atoms with E-state index in [1.54, 1.807) is 0 Å². The molecule has 5 heteroatoms. The predicted molar refractivity (Wildman–Crippen MR) is 108 cm³/mol. The van der Waals surface area contributed by atoms with Crippen molar-refractivity contribution in [3.05, 3.63) is 0 Å². The van der Waals surface area contributed by atoms with Crippen molar-refractivity contribution in [1.29, 1.82) is 0 Å². The standard InChI is InChI=1S/C21H41N3O2/c1-2-3-4-5-6-7-8-9-10-11-12-13-14-15-18-23-20(25)21(16-17-21)19(22)24-26/h26H,2-18H2,1H3,(H2,22,24)(H,23,25). The number of carbonyl (C=O) groups excluding carboxylic acids is 1. The van der Waals surface area contributed by atoms with Crippen LogP contribution in [-0.4, -0.2) is 23.5 Å². The number of nitrogens with zero attached hydrogens (tertiary/aromatic N) is 1. The van der Waals surface area contributed by atoms with Crippen LogP contribution in [0.3, 0.4) is 0 Å². The summed E-state index contributed by atoms with van der Waals surface area (Å²) >= 11 is 0. The first-order chi connectivity index (χ1) is 12.7. The van der Waals surface area contributed by atoms with Gasteiger partial charge in [0.15, 0.2) is 5.84 Å². The van der Waals surface area contributed by atoms with E-state index in [-0.39, 0.29) is 11.7 Å². The SMILES string of the molecule is CCCCCCCCCCCCCCCCNC(=O)C1(/C(N)=N/O)CC1. The molecule has 1 fully saturated rings. The quantitative estimate of drug-likeness (QED) is 0.110. The van der Waals surface area contributed by atoms with Crippen molar-refractivity contribution in [2.24, 2.45) is 16.3 Å². The van der Waals surface area contributed by atoms with E-state index in [9.17, 15) is 4.79 Å². The summed E-state index contributed by atoms with van der Waals surface area (Å²) in [6, 6.07) is 0. The van der Waals surface area contributed by atoms with E-state index < -0.39 is 5.41 Å². The highest BCUT2D eigenvalue weighted by molar-refractivity contribution is 6.09. The lowest BCUT2D eigenvalue weighted by molar-refractivity contribution is -0.124. The second kappa shape index (κ2) is 13.9. The third kappa shape index (κ3) is 8.91. The van der Waals surface area contributed by atoms with Gasteiger partial charge in [0.1, 0.15) is 5.41 Å². The summed E-state index contributed by atoms with van der Waals surface area (Å²) in [6.45, 7) is 2.96. The van der Waals surface area contributed by atoms with E-state index in [0.29, 0.717) is 19.4 Å². The molecule has 0 spiro atoms. The van der Waals surface area contributed by atoms with Crippen molar-refractivity contribution in [3.8, 4) is 0 Å². The van der Waals surface area contributed by atoms with Crippen molar-refractivity contribution in [2.75, 3.05) is 6.54 Å². The van der Waals surface area contributed by atoms with Gasteiger partial charge in [0.2, 0.25) is 5.91 Å². The fourth-order valence-electron chi connectivity index (χ4n) is 3.51. The van der Waals surface area contributed by atoms with Crippen LogP contribution < -0.4 is 11.1 Å². The normalized spacial score (nSPS) is 15.8. The highest BCUT2D eigenvalue weighted by Gasteiger charge is 2.53. The molecule has 0 atom stereocenters. The number of carbonyl (C=O) groups is 1. The third-order valence-electron chi connectivity index (χ3n) is 5.60. The summed E-state index contributed by atoms with van der Waals surface area (Å²) < 4.78 is 0. The predicted octanol–water partition coefficient (Wildman–Crippen LogP) is 5.11. The minimum atomic E-state index is -0.718. The number of amides is 1. The molecule has 0 radical (unpaired) electrons. The summed E-state index contributed by atoms with van der Waals surface area (Å²) in [5.41, 5.74) is 4.89. The zero-order valence-electron chi connectivity index (χ0n) is 16.9. The Morgan fingerprint density at radius 1 is 0.885 bits per heavy atom. The second-order valence-corrected chi connectivity index (χ2v) is 7.92. The minimum absolute atomic E-state index is 0.0518. The van der Waals surface area contributed by atoms with E-state index in [2.05, 4.69) is 17.4 Å². The van der Waals surface area contributed by atoms with Crippen molar-refractivity contribution in [1.82, 2.24) is 5.32 Å². The van der Waals surface area contributed by atoms with Crippen LogP contribution in [0.1, 0.15) is 110 Å². The van der Waals surface area contributed by atoms with Gasteiger partial charge in [-0.25, -0.2) is 0 Å². The van der Waals surface area contributed by atoms with Crippen LogP contribution in [0.2, 0.25) is 0 Å². The number of nitrogens with two attached hydrogens (primary N) is 1. The number of rotatable bonds is 17. The van der Waals surface area contributed by atoms with Crippen LogP contribution in [0.15, 0.2) is 5.16 Å². The van der Waals surface area contributed by atoms with Crippen molar-refractivity contribution in [3.63, 3.8) is 0 Å². The Hall–Kier alpha value is -1.26. The molecule has 152 valence electrons. The zero-order chi connectivity index (χ0) is 19.1. The molecule has 26 heavy (non-hydrogen) atoms. The van der Waals surface area contributed by atoms with Crippen LogP contribution in [0.5, 0.6) is 0 Å². The molecule has 4 N–H and O–H groups in total. The summed E-state index contributed by atoms with van der Waals surface area (Å²) in [7, 11) is 0. The molecule has 5 nitrogen and oxygen atoms in total. The molecule has 1 aliphatic rings. The molecule has 0 saturated heterocycles. The Labute approximate surface area is 160 Å². The van der Waals surface area contributed by atoms with Gasteiger partial charge in [-0.1, -0.05) is 95.6 Å². The van der Waals surface area contributed by atoms with E-state index >= 15 is 0 Å². The topological polar surface area (TPSA) is 87.7 Å². The highest BCUT2D eigenvalue weighted by Crippen LogP contribution is 2.45. The Balaban J connectivity index is 1.82. The number of hydrogen-bond donors (Lipinski definition) is 3. The Kier molecular flexibility index (Phi) is 12.2.